The lowest BCUT2D eigenvalue weighted by Crippen LogP contribution is -2.45. The second kappa shape index (κ2) is 6.05. The first-order valence-corrected chi connectivity index (χ1v) is 8.90. The number of imidazole rings is 1. The molecule has 1 aromatic carbocycles. The number of rotatable bonds is 4. The fourth-order valence-electron chi connectivity index (χ4n) is 3.40. The Hall–Kier alpha value is -1.48. The van der Waals surface area contributed by atoms with Gasteiger partial charge in [-0.3, -0.25) is 9.13 Å². The third-order valence-electron chi connectivity index (χ3n) is 4.53. The molecule has 0 radical (unpaired) electrons. The van der Waals surface area contributed by atoms with Crippen LogP contribution in [0, 0.1) is 0 Å². The summed E-state index contributed by atoms with van der Waals surface area (Å²) in [6.07, 6.45) is -4.15. The van der Waals surface area contributed by atoms with Crippen molar-refractivity contribution in [3.05, 3.63) is 28.2 Å². The summed E-state index contributed by atoms with van der Waals surface area (Å²) in [6.45, 7) is 1.82. The van der Waals surface area contributed by atoms with E-state index in [-0.39, 0.29) is 36.2 Å². The van der Waals surface area contributed by atoms with Crippen molar-refractivity contribution in [1.29, 1.82) is 0 Å². The molecule has 0 bridgehead atoms. The average molecular weight is 423 g/mol. The van der Waals surface area contributed by atoms with Crippen molar-refractivity contribution in [2.75, 3.05) is 11.9 Å². The second-order valence-electron chi connectivity index (χ2n) is 6.64. The molecule has 0 atom stereocenters. The smallest absolute Gasteiger partial charge is 0.418 e. The highest BCUT2D eigenvalue weighted by Gasteiger charge is 2.43. The van der Waals surface area contributed by atoms with Crippen LogP contribution in [-0.2, 0) is 13.2 Å². The van der Waals surface area contributed by atoms with Gasteiger partial charge in [-0.15, -0.1) is 0 Å². The number of aliphatic hydroxyl groups is 1. The van der Waals surface area contributed by atoms with E-state index in [0.717, 1.165) is 10.6 Å². The van der Waals surface area contributed by atoms with Gasteiger partial charge in [-0.05, 0) is 25.8 Å². The van der Waals surface area contributed by atoms with E-state index in [1.165, 1.54) is 17.7 Å². The van der Waals surface area contributed by atoms with Gasteiger partial charge in [-0.25, -0.2) is 4.79 Å². The first-order valence-electron chi connectivity index (χ1n) is 7.78. The van der Waals surface area contributed by atoms with Gasteiger partial charge in [0.15, 0.2) is 0 Å². The summed E-state index contributed by atoms with van der Waals surface area (Å²) < 4.78 is 48.6. The summed E-state index contributed by atoms with van der Waals surface area (Å²) in [4.78, 5) is 12.6. The van der Waals surface area contributed by atoms with E-state index in [1.807, 2.05) is 0 Å². The fourth-order valence-corrected chi connectivity index (χ4v) is 3.56. The Labute approximate surface area is 150 Å². The lowest BCUT2D eigenvalue weighted by Gasteiger charge is -2.41. The number of benzene rings is 1. The molecule has 1 saturated carbocycles. The van der Waals surface area contributed by atoms with Crippen LogP contribution in [0.1, 0.15) is 31.4 Å². The molecule has 138 valence electrons. The van der Waals surface area contributed by atoms with Crippen molar-refractivity contribution >= 4 is 27.0 Å². The van der Waals surface area contributed by atoms with Crippen molar-refractivity contribution in [3.63, 3.8) is 0 Å². The zero-order chi connectivity index (χ0) is 18.6. The van der Waals surface area contributed by atoms with Gasteiger partial charge in [-0.2, -0.15) is 13.2 Å². The number of ether oxygens (including phenoxy) is 1. The van der Waals surface area contributed by atoms with Crippen LogP contribution >= 0.6 is 15.9 Å². The second-order valence-corrected chi connectivity index (χ2v) is 7.44. The van der Waals surface area contributed by atoms with Crippen LogP contribution < -0.4 is 10.4 Å². The van der Waals surface area contributed by atoms with Crippen molar-refractivity contribution < 1.29 is 23.0 Å². The maximum atomic E-state index is 13.6. The minimum Gasteiger partial charge on any atom is -0.493 e. The highest BCUT2D eigenvalue weighted by molar-refractivity contribution is 9.09. The Bertz CT molecular complexity index is 862. The van der Waals surface area contributed by atoms with E-state index in [2.05, 4.69) is 15.9 Å². The highest BCUT2D eigenvalue weighted by Crippen LogP contribution is 2.44. The molecule has 5 nitrogen and oxygen atoms in total. The standard InChI is InChI=1S/C16H18BrF3N2O3/c1-15(24)7-9(8-15)22-13-11(16(18,19)20)5-10(25-4-3-17)6-12(13)21(2)14(22)23/h5-6,9,24H,3-4,7-8H2,1-2H3. The summed E-state index contributed by atoms with van der Waals surface area (Å²) in [6, 6.07) is 1.92. The van der Waals surface area contributed by atoms with Crippen LogP contribution in [0.5, 0.6) is 5.75 Å². The fraction of sp³-hybridized carbons (Fsp3) is 0.562. The SMILES string of the molecule is Cn1c(=O)n(C2CC(C)(O)C2)c2c(C(F)(F)F)cc(OCCBr)cc21. The minimum absolute atomic E-state index is 0.0626. The lowest BCUT2D eigenvalue weighted by atomic mass is 9.77. The van der Waals surface area contributed by atoms with Gasteiger partial charge < -0.3 is 9.84 Å². The molecule has 2 aromatic rings. The van der Waals surface area contributed by atoms with Crippen molar-refractivity contribution in [2.45, 2.75) is 37.6 Å². The molecule has 25 heavy (non-hydrogen) atoms. The Morgan fingerprint density at radius 2 is 2.04 bits per heavy atom. The monoisotopic (exact) mass is 422 g/mol. The Morgan fingerprint density at radius 3 is 2.56 bits per heavy atom. The molecule has 0 spiro atoms. The zero-order valence-electron chi connectivity index (χ0n) is 13.7. The summed E-state index contributed by atoms with van der Waals surface area (Å²) in [5, 5.41) is 10.4. The summed E-state index contributed by atoms with van der Waals surface area (Å²) >= 11 is 3.16. The number of fused-ring (bicyclic) bond motifs is 1. The zero-order valence-corrected chi connectivity index (χ0v) is 15.3. The van der Waals surface area contributed by atoms with E-state index >= 15 is 0 Å². The molecule has 0 amide bonds. The first-order chi connectivity index (χ1) is 11.5. The summed E-state index contributed by atoms with van der Waals surface area (Å²) in [5.41, 5.74) is -2.39. The van der Waals surface area contributed by atoms with Gasteiger partial charge in [0.2, 0.25) is 0 Å². The molecule has 9 heteroatoms. The molecule has 1 aromatic heterocycles. The van der Waals surface area contributed by atoms with Gasteiger partial charge in [0.05, 0.1) is 28.8 Å². The number of aromatic nitrogens is 2. The van der Waals surface area contributed by atoms with E-state index in [0.29, 0.717) is 5.33 Å². The maximum Gasteiger partial charge on any atom is 0.418 e. The number of hydrogen-bond donors (Lipinski definition) is 1. The molecule has 1 aliphatic carbocycles. The van der Waals surface area contributed by atoms with E-state index in [9.17, 15) is 23.1 Å². The maximum absolute atomic E-state index is 13.6. The molecular weight excluding hydrogens is 405 g/mol. The third-order valence-corrected chi connectivity index (χ3v) is 4.85. The van der Waals surface area contributed by atoms with Crippen molar-refractivity contribution in [3.8, 4) is 5.75 Å². The van der Waals surface area contributed by atoms with Gasteiger partial charge >= 0.3 is 11.9 Å². The highest BCUT2D eigenvalue weighted by atomic mass is 79.9. The number of alkyl halides is 4. The largest absolute Gasteiger partial charge is 0.493 e. The molecule has 1 fully saturated rings. The Balaban J connectivity index is 2.24. The summed E-state index contributed by atoms with van der Waals surface area (Å²) in [5.74, 6) is 0.0626. The Morgan fingerprint density at radius 1 is 1.40 bits per heavy atom. The molecule has 3 rings (SSSR count). The quantitative estimate of drug-likeness (QED) is 0.769. The van der Waals surface area contributed by atoms with Crippen LogP contribution in [0.25, 0.3) is 11.0 Å². The van der Waals surface area contributed by atoms with Crippen LogP contribution in [0.3, 0.4) is 0 Å². The minimum atomic E-state index is -4.63. The van der Waals surface area contributed by atoms with Crippen LogP contribution in [0.2, 0.25) is 0 Å². The molecule has 0 saturated heterocycles. The average Bonchev–Trinajstić information content (AvgIpc) is 2.73. The van der Waals surface area contributed by atoms with Gasteiger partial charge in [0.1, 0.15) is 5.75 Å². The molecule has 0 aliphatic heterocycles. The van der Waals surface area contributed by atoms with Crippen molar-refractivity contribution in [1.82, 2.24) is 9.13 Å². The van der Waals surface area contributed by atoms with E-state index in [1.54, 1.807) is 6.92 Å². The first kappa shape index (κ1) is 18.3. The van der Waals surface area contributed by atoms with Gasteiger partial charge in [-0.1, -0.05) is 15.9 Å². The molecule has 1 aliphatic rings. The van der Waals surface area contributed by atoms with E-state index in [4.69, 9.17) is 4.74 Å². The number of hydrogen-bond acceptors (Lipinski definition) is 3. The normalized spacial score (nSPS) is 23.7. The van der Waals surface area contributed by atoms with Gasteiger partial charge in [0, 0.05) is 24.5 Å². The molecule has 1 N–H and O–H groups in total. The van der Waals surface area contributed by atoms with E-state index < -0.39 is 29.1 Å². The predicted molar refractivity (Wildman–Crippen MR) is 90.4 cm³/mol. The van der Waals surface area contributed by atoms with Gasteiger partial charge in [0.25, 0.3) is 0 Å². The molecular formula is C16H18BrF3N2O3. The number of halogens is 4. The number of nitrogens with zero attached hydrogens (tertiary/aromatic N) is 2. The predicted octanol–water partition coefficient (Wildman–Crippen LogP) is 3.22. The number of aryl methyl sites for hydroxylation is 1. The molecule has 1 heterocycles. The van der Waals surface area contributed by atoms with Crippen LogP contribution in [0.15, 0.2) is 16.9 Å². The topological polar surface area (TPSA) is 56.4 Å². The van der Waals surface area contributed by atoms with Crippen LogP contribution in [-0.4, -0.2) is 31.8 Å². The molecule has 0 unspecified atom stereocenters. The Kier molecular flexibility index (Phi) is 4.43. The van der Waals surface area contributed by atoms with Crippen LogP contribution in [0.4, 0.5) is 13.2 Å². The third kappa shape index (κ3) is 3.19. The summed E-state index contributed by atoms with van der Waals surface area (Å²) in [7, 11) is 1.44. The van der Waals surface area contributed by atoms with Crippen molar-refractivity contribution in [2.24, 2.45) is 7.05 Å². The lowest BCUT2D eigenvalue weighted by molar-refractivity contribution is -0.136.